The SMILES string of the molecule is Cc1sc(NC(=O)c2cccc([N+](=O)[O-])c2C)nc1-c1ccccc1. The van der Waals surface area contributed by atoms with Gasteiger partial charge in [0.1, 0.15) is 0 Å². The zero-order chi connectivity index (χ0) is 18.0. The van der Waals surface area contributed by atoms with Gasteiger partial charge in [0.05, 0.1) is 10.6 Å². The van der Waals surface area contributed by atoms with Gasteiger partial charge in [0.2, 0.25) is 0 Å². The number of amides is 1. The van der Waals surface area contributed by atoms with E-state index in [-0.39, 0.29) is 11.3 Å². The number of nitrogens with one attached hydrogen (secondary N) is 1. The summed E-state index contributed by atoms with van der Waals surface area (Å²) in [7, 11) is 0. The lowest BCUT2D eigenvalue weighted by Gasteiger charge is -2.05. The lowest BCUT2D eigenvalue weighted by molar-refractivity contribution is -0.385. The number of hydrogen-bond donors (Lipinski definition) is 1. The first-order valence-corrected chi connectivity index (χ1v) is 8.37. The maximum Gasteiger partial charge on any atom is 0.273 e. The average Bonchev–Trinajstić information content (AvgIpc) is 2.95. The van der Waals surface area contributed by atoms with Crippen molar-refractivity contribution in [1.29, 1.82) is 0 Å². The molecule has 0 aliphatic heterocycles. The van der Waals surface area contributed by atoms with Gasteiger partial charge in [-0.05, 0) is 19.9 Å². The Morgan fingerprint density at radius 2 is 1.84 bits per heavy atom. The first kappa shape index (κ1) is 16.8. The molecule has 0 aliphatic carbocycles. The molecule has 3 aromatic rings. The van der Waals surface area contributed by atoms with Crippen LogP contribution in [-0.2, 0) is 0 Å². The number of hydrogen-bond acceptors (Lipinski definition) is 5. The van der Waals surface area contributed by atoms with E-state index in [0.717, 1.165) is 16.1 Å². The van der Waals surface area contributed by atoms with Crippen LogP contribution in [0.4, 0.5) is 10.8 Å². The molecule has 0 bridgehead atoms. The highest BCUT2D eigenvalue weighted by molar-refractivity contribution is 7.16. The molecule has 2 aromatic carbocycles. The van der Waals surface area contributed by atoms with Crippen LogP contribution in [-0.4, -0.2) is 15.8 Å². The van der Waals surface area contributed by atoms with Crippen molar-refractivity contribution in [3.8, 4) is 11.3 Å². The van der Waals surface area contributed by atoms with Gasteiger partial charge in [-0.2, -0.15) is 0 Å². The molecule has 1 aromatic heterocycles. The van der Waals surface area contributed by atoms with Crippen LogP contribution in [0.15, 0.2) is 48.5 Å². The van der Waals surface area contributed by atoms with E-state index in [9.17, 15) is 14.9 Å². The summed E-state index contributed by atoms with van der Waals surface area (Å²) in [5.74, 6) is -0.408. The molecule has 1 N–H and O–H groups in total. The molecule has 0 saturated carbocycles. The number of aromatic nitrogens is 1. The van der Waals surface area contributed by atoms with Gasteiger partial charge in [-0.25, -0.2) is 4.98 Å². The molecule has 3 rings (SSSR count). The van der Waals surface area contributed by atoms with Crippen molar-refractivity contribution in [1.82, 2.24) is 4.98 Å². The largest absolute Gasteiger partial charge is 0.298 e. The van der Waals surface area contributed by atoms with Crippen LogP contribution in [0.25, 0.3) is 11.3 Å². The monoisotopic (exact) mass is 353 g/mol. The van der Waals surface area contributed by atoms with Gasteiger partial charge in [-0.3, -0.25) is 20.2 Å². The summed E-state index contributed by atoms with van der Waals surface area (Å²) < 4.78 is 0. The second-order valence-electron chi connectivity index (χ2n) is 5.45. The number of anilines is 1. The average molecular weight is 353 g/mol. The number of nitrogens with zero attached hydrogens (tertiary/aromatic N) is 2. The zero-order valence-electron chi connectivity index (χ0n) is 13.6. The minimum atomic E-state index is -0.493. The van der Waals surface area contributed by atoms with Crippen molar-refractivity contribution < 1.29 is 9.72 Å². The molecule has 25 heavy (non-hydrogen) atoms. The Balaban J connectivity index is 1.88. The van der Waals surface area contributed by atoms with Gasteiger partial charge in [0, 0.05) is 27.6 Å². The lowest BCUT2D eigenvalue weighted by atomic mass is 10.1. The van der Waals surface area contributed by atoms with E-state index in [4.69, 9.17) is 0 Å². The van der Waals surface area contributed by atoms with Crippen molar-refractivity contribution in [2.24, 2.45) is 0 Å². The molecular weight excluding hydrogens is 338 g/mol. The van der Waals surface area contributed by atoms with Gasteiger partial charge in [0.15, 0.2) is 5.13 Å². The second kappa shape index (κ2) is 6.82. The van der Waals surface area contributed by atoms with Crippen molar-refractivity contribution in [2.45, 2.75) is 13.8 Å². The van der Waals surface area contributed by atoms with E-state index in [1.54, 1.807) is 13.0 Å². The number of nitro benzene ring substituents is 1. The number of thiazole rings is 1. The number of carbonyl (C=O) groups excluding carboxylic acids is 1. The van der Waals surface area contributed by atoms with Crippen molar-refractivity contribution in [2.75, 3.05) is 5.32 Å². The number of benzene rings is 2. The number of nitro groups is 1. The summed E-state index contributed by atoms with van der Waals surface area (Å²) >= 11 is 1.37. The van der Waals surface area contributed by atoms with Gasteiger partial charge in [-0.15, -0.1) is 11.3 Å². The fourth-order valence-corrected chi connectivity index (χ4v) is 3.38. The van der Waals surface area contributed by atoms with E-state index in [0.29, 0.717) is 10.7 Å². The van der Waals surface area contributed by atoms with Crippen LogP contribution in [0.5, 0.6) is 0 Å². The molecule has 6 nitrogen and oxygen atoms in total. The van der Waals surface area contributed by atoms with Crippen LogP contribution in [0.1, 0.15) is 20.8 Å². The molecule has 0 atom stereocenters. The van der Waals surface area contributed by atoms with Crippen molar-refractivity contribution in [3.63, 3.8) is 0 Å². The number of rotatable bonds is 4. The molecule has 126 valence electrons. The maximum absolute atomic E-state index is 12.5. The highest BCUT2D eigenvalue weighted by Gasteiger charge is 2.19. The predicted octanol–water partition coefficient (Wildman–Crippen LogP) is 4.59. The van der Waals surface area contributed by atoms with Crippen LogP contribution >= 0.6 is 11.3 Å². The third-order valence-corrected chi connectivity index (χ3v) is 4.70. The molecule has 0 spiro atoms. The molecule has 0 aliphatic rings. The third kappa shape index (κ3) is 3.41. The Bertz CT molecular complexity index is 951. The van der Waals surface area contributed by atoms with Crippen LogP contribution in [0.3, 0.4) is 0 Å². The summed E-state index contributed by atoms with van der Waals surface area (Å²) in [5, 5.41) is 14.2. The smallest absolute Gasteiger partial charge is 0.273 e. The zero-order valence-corrected chi connectivity index (χ0v) is 14.5. The summed E-state index contributed by atoms with van der Waals surface area (Å²) in [6.45, 7) is 3.50. The standard InChI is InChI=1S/C18H15N3O3S/c1-11-14(9-6-10-15(11)21(23)24)17(22)20-18-19-16(12(2)25-18)13-7-4-3-5-8-13/h3-10H,1-2H3,(H,19,20,22). The van der Waals surface area contributed by atoms with Crippen LogP contribution in [0.2, 0.25) is 0 Å². The van der Waals surface area contributed by atoms with E-state index in [1.165, 1.54) is 23.5 Å². The van der Waals surface area contributed by atoms with E-state index in [2.05, 4.69) is 10.3 Å². The highest BCUT2D eigenvalue weighted by atomic mass is 32.1. The normalized spacial score (nSPS) is 10.5. The summed E-state index contributed by atoms with van der Waals surface area (Å²) in [4.78, 5) is 28.5. The quantitative estimate of drug-likeness (QED) is 0.549. The molecule has 1 amide bonds. The summed E-state index contributed by atoms with van der Waals surface area (Å²) in [5.41, 5.74) is 2.32. The number of carbonyl (C=O) groups is 1. The Hall–Kier alpha value is -3.06. The first-order chi connectivity index (χ1) is 12.0. The van der Waals surface area contributed by atoms with Gasteiger partial charge < -0.3 is 0 Å². The van der Waals surface area contributed by atoms with Crippen molar-refractivity contribution >= 4 is 28.1 Å². The fraction of sp³-hybridized carbons (Fsp3) is 0.111. The topological polar surface area (TPSA) is 85.1 Å². The molecule has 0 unspecified atom stereocenters. The molecular formula is C18H15N3O3S. The van der Waals surface area contributed by atoms with E-state index in [1.807, 2.05) is 37.3 Å². The Morgan fingerprint density at radius 3 is 2.52 bits per heavy atom. The van der Waals surface area contributed by atoms with Gasteiger partial charge in [0.25, 0.3) is 11.6 Å². The van der Waals surface area contributed by atoms with Crippen LogP contribution in [0, 0.1) is 24.0 Å². The Kier molecular flexibility index (Phi) is 4.58. The molecule has 7 heteroatoms. The van der Waals surface area contributed by atoms with Gasteiger partial charge in [-0.1, -0.05) is 36.4 Å². The van der Waals surface area contributed by atoms with Gasteiger partial charge >= 0.3 is 0 Å². The number of aryl methyl sites for hydroxylation is 1. The molecule has 0 saturated heterocycles. The Morgan fingerprint density at radius 1 is 1.12 bits per heavy atom. The van der Waals surface area contributed by atoms with E-state index >= 15 is 0 Å². The predicted molar refractivity (Wildman–Crippen MR) is 98.1 cm³/mol. The fourth-order valence-electron chi connectivity index (χ4n) is 2.55. The summed E-state index contributed by atoms with van der Waals surface area (Å²) in [6, 6.07) is 14.2. The van der Waals surface area contributed by atoms with E-state index < -0.39 is 10.8 Å². The van der Waals surface area contributed by atoms with Crippen molar-refractivity contribution in [3.05, 3.63) is 74.6 Å². The summed E-state index contributed by atoms with van der Waals surface area (Å²) in [6.07, 6.45) is 0. The highest BCUT2D eigenvalue weighted by Crippen LogP contribution is 2.31. The van der Waals surface area contributed by atoms with Crippen LogP contribution < -0.4 is 5.32 Å². The molecule has 0 radical (unpaired) electrons. The minimum absolute atomic E-state index is 0.0760. The molecule has 0 fully saturated rings. The first-order valence-electron chi connectivity index (χ1n) is 7.55. The maximum atomic E-state index is 12.5. The third-order valence-electron chi connectivity index (χ3n) is 3.81. The Labute approximate surface area is 148 Å². The lowest BCUT2D eigenvalue weighted by Crippen LogP contribution is -2.14. The molecule has 1 heterocycles. The minimum Gasteiger partial charge on any atom is -0.298 e. The second-order valence-corrected chi connectivity index (χ2v) is 6.65.